The molecular formula is C18H17BrO5. The maximum Gasteiger partial charge on any atom is 0.336 e. The smallest absolute Gasteiger partial charge is 0.336 e. The molecule has 2 aromatic carbocycles. The van der Waals surface area contributed by atoms with Crippen LogP contribution in [0.2, 0.25) is 0 Å². The molecule has 0 saturated carbocycles. The van der Waals surface area contributed by atoms with Gasteiger partial charge in [-0.15, -0.1) is 0 Å². The molecule has 0 aromatic heterocycles. The molecule has 6 heteroatoms. The minimum atomic E-state index is -1.03. The minimum absolute atomic E-state index is 0.158. The van der Waals surface area contributed by atoms with Crippen LogP contribution in [0.15, 0.2) is 40.9 Å². The van der Waals surface area contributed by atoms with Crippen molar-refractivity contribution >= 4 is 33.5 Å². The number of halogens is 1. The van der Waals surface area contributed by atoms with Gasteiger partial charge in [-0.3, -0.25) is 0 Å². The number of hydrogen-bond acceptors (Lipinski definition) is 4. The average molecular weight is 393 g/mol. The molecule has 0 amide bonds. The maximum absolute atomic E-state index is 11.7. The van der Waals surface area contributed by atoms with E-state index in [1.54, 1.807) is 56.7 Å². The number of methoxy groups -OCH3 is 3. The summed E-state index contributed by atoms with van der Waals surface area (Å²) >= 11 is 3.43. The highest BCUT2D eigenvalue weighted by Crippen LogP contribution is 2.35. The lowest BCUT2D eigenvalue weighted by atomic mass is 10.0. The van der Waals surface area contributed by atoms with E-state index in [9.17, 15) is 9.90 Å². The van der Waals surface area contributed by atoms with Crippen LogP contribution in [0.5, 0.6) is 17.2 Å². The van der Waals surface area contributed by atoms with Gasteiger partial charge >= 0.3 is 5.97 Å². The largest absolute Gasteiger partial charge is 0.497 e. The van der Waals surface area contributed by atoms with Gasteiger partial charge in [-0.05, 0) is 41.5 Å². The summed E-state index contributed by atoms with van der Waals surface area (Å²) in [5.74, 6) is 0.715. The van der Waals surface area contributed by atoms with E-state index in [0.29, 0.717) is 32.8 Å². The zero-order valence-electron chi connectivity index (χ0n) is 13.5. The van der Waals surface area contributed by atoms with Gasteiger partial charge in [0.05, 0.1) is 26.9 Å². The second kappa shape index (κ2) is 7.88. The van der Waals surface area contributed by atoms with Gasteiger partial charge < -0.3 is 19.3 Å². The Morgan fingerprint density at radius 2 is 1.58 bits per heavy atom. The fourth-order valence-electron chi connectivity index (χ4n) is 2.18. The van der Waals surface area contributed by atoms with Crippen LogP contribution in [0.3, 0.4) is 0 Å². The van der Waals surface area contributed by atoms with Crippen molar-refractivity contribution in [3.63, 3.8) is 0 Å². The molecule has 2 aromatic rings. The van der Waals surface area contributed by atoms with E-state index >= 15 is 0 Å². The first-order valence-electron chi connectivity index (χ1n) is 7.01. The van der Waals surface area contributed by atoms with Gasteiger partial charge in [-0.25, -0.2) is 4.79 Å². The lowest BCUT2D eigenvalue weighted by molar-refractivity contribution is -0.130. The van der Waals surface area contributed by atoms with Crippen LogP contribution in [0.4, 0.5) is 0 Å². The summed E-state index contributed by atoms with van der Waals surface area (Å²) in [6, 6.07) is 10.3. The van der Waals surface area contributed by atoms with Crippen LogP contribution in [0.1, 0.15) is 11.1 Å². The molecule has 0 bridgehead atoms. The average Bonchev–Trinajstić information content (AvgIpc) is 2.60. The molecular weight excluding hydrogens is 376 g/mol. The fourth-order valence-corrected chi connectivity index (χ4v) is 2.61. The van der Waals surface area contributed by atoms with Crippen molar-refractivity contribution in [2.45, 2.75) is 0 Å². The van der Waals surface area contributed by atoms with E-state index in [0.717, 1.165) is 0 Å². The van der Waals surface area contributed by atoms with Crippen LogP contribution in [0, 0.1) is 0 Å². The molecule has 0 unspecified atom stereocenters. The van der Waals surface area contributed by atoms with Crippen molar-refractivity contribution in [3.8, 4) is 17.2 Å². The Hall–Kier alpha value is -2.47. The van der Waals surface area contributed by atoms with Gasteiger partial charge in [0.1, 0.15) is 5.75 Å². The predicted octanol–water partition coefficient (Wildman–Crippen LogP) is 4.10. The lowest BCUT2D eigenvalue weighted by Crippen LogP contribution is -2.00. The van der Waals surface area contributed by atoms with Crippen molar-refractivity contribution in [1.29, 1.82) is 0 Å². The Morgan fingerprint density at radius 3 is 2.08 bits per heavy atom. The zero-order chi connectivity index (χ0) is 17.7. The van der Waals surface area contributed by atoms with Gasteiger partial charge in [0.25, 0.3) is 0 Å². The van der Waals surface area contributed by atoms with E-state index < -0.39 is 5.97 Å². The summed E-state index contributed by atoms with van der Waals surface area (Å²) < 4.78 is 16.3. The molecule has 2 rings (SSSR count). The third kappa shape index (κ3) is 3.89. The van der Waals surface area contributed by atoms with Gasteiger partial charge in [-0.2, -0.15) is 0 Å². The monoisotopic (exact) mass is 392 g/mol. The maximum atomic E-state index is 11.7. The standard InChI is InChI=1S/C18H17BrO5/c1-22-13-6-4-11(5-7-13)14(18(20)21)8-12-9-16(23-2)17(24-3)10-15(12)19/h4-10H,1-3H3,(H,20,21)/b14-8+. The summed E-state index contributed by atoms with van der Waals surface area (Å²) in [7, 11) is 4.63. The van der Waals surface area contributed by atoms with Crippen LogP contribution in [-0.2, 0) is 4.79 Å². The Kier molecular flexibility index (Phi) is 5.87. The Bertz CT molecular complexity index is 766. The molecule has 0 aliphatic rings. The number of carboxylic acid groups (broad SMARTS) is 1. The summed E-state index contributed by atoms with van der Waals surface area (Å²) in [6.07, 6.45) is 1.58. The van der Waals surface area contributed by atoms with Gasteiger partial charge in [0, 0.05) is 4.47 Å². The Labute approximate surface area is 148 Å². The molecule has 0 fully saturated rings. The molecule has 5 nitrogen and oxygen atoms in total. The molecule has 1 N–H and O–H groups in total. The molecule has 0 aliphatic carbocycles. The van der Waals surface area contributed by atoms with Crippen molar-refractivity contribution in [1.82, 2.24) is 0 Å². The van der Waals surface area contributed by atoms with Crippen LogP contribution >= 0.6 is 15.9 Å². The van der Waals surface area contributed by atoms with E-state index in [-0.39, 0.29) is 5.57 Å². The molecule has 126 valence electrons. The van der Waals surface area contributed by atoms with Crippen molar-refractivity contribution in [2.75, 3.05) is 21.3 Å². The number of carboxylic acids is 1. The first-order chi connectivity index (χ1) is 11.5. The van der Waals surface area contributed by atoms with E-state index in [2.05, 4.69) is 15.9 Å². The summed E-state index contributed by atoms with van der Waals surface area (Å²) in [4.78, 5) is 11.7. The summed E-state index contributed by atoms with van der Waals surface area (Å²) in [5, 5.41) is 9.56. The van der Waals surface area contributed by atoms with Crippen molar-refractivity contribution in [2.24, 2.45) is 0 Å². The number of aliphatic carboxylic acids is 1. The quantitative estimate of drug-likeness (QED) is 0.592. The van der Waals surface area contributed by atoms with Crippen molar-refractivity contribution < 1.29 is 24.1 Å². The first-order valence-corrected chi connectivity index (χ1v) is 7.80. The molecule has 0 atom stereocenters. The summed E-state index contributed by atoms with van der Waals surface area (Å²) in [5.41, 5.74) is 1.40. The topological polar surface area (TPSA) is 65.0 Å². The molecule has 0 aliphatic heterocycles. The predicted molar refractivity (Wildman–Crippen MR) is 95.7 cm³/mol. The van der Waals surface area contributed by atoms with E-state index in [4.69, 9.17) is 14.2 Å². The number of ether oxygens (including phenoxy) is 3. The Balaban J connectivity index is 2.53. The van der Waals surface area contributed by atoms with Crippen LogP contribution in [0.25, 0.3) is 11.6 Å². The van der Waals surface area contributed by atoms with Crippen molar-refractivity contribution in [3.05, 3.63) is 52.0 Å². The third-order valence-electron chi connectivity index (χ3n) is 3.43. The number of hydrogen-bond donors (Lipinski definition) is 1. The molecule has 0 spiro atoms. The second-order valence-electron chi connectivity index (χ2n) is 4.82. The summed E-state index contributed by atoms with van der Waals surface area (Å²) in [6.45, 7) is 0. The highest BCUT2D eigenvalue weighted by atomic mass is 79.9. The van der Waals surface area contributed by atoms with E-state index in [1.807, 2.05) is 0 Å². The molecule has 24 heavy (non-hydrogen) atoms. The fraction of sp³-hybridized carbons (Fsp3) is 0.167. The third-order valence-corrected chi connectivity index (χ3v) is 4.12. The molecule has 0 radical (unpaired) electrons. The highest BCUT2D eigenvalue weighted by molar-refractivity contribution is 9.10. The Morgan fingerprint density at radius 1 is 1.00 bits per heavy atom. The zero-order valence-corrected chi connectivity index (χ0v) is 15.1. The number of rotatable bonds is 6. The normalized spacial score (nSPS) is 11.1. The van der Waals surface area contributed by atoms with E-state index in [1.165, 1.54) is 7.11 Å². The molecule has 0 saturated heterocycles. The number of carbonyl (C=O) groups is 1. The van der Waals surface area contributed by atoms with Gasteiger partial charge in [0.2, 0.25) is 0 Å². The van der Waals surface area contributed by atoms with Gasteiger partial charge in [0.15, 0.2) is 11.5 Å². The van der Waals surface area contributed by atoms with Crippen LogP contribution in [-0.4, -0.2) is 32.4 Å². The first kappa shape index (κ1) is 17.9. The number of benzene rings is 2. The lowest BCUT2D eigenvalue weighted by Gasteiger charge is -2.11. The molecule has 0 heterocycles. The minimum Gasteiger partial charge on any atom is -0.497 e. The van der Waals surface area contributed by atoms with Crippen LogP contribution < -0.4 is 14.2 Å². The SMILES string of the molecule is COc1ccc(/C(=C\c2cc(OC)c(OC)cc2Br)C(=O)O)cc1. The second-order valence-corrected chi connectivity index (χ2v) is 5.67. The van der Waals surface area contributed by atoms with Gasteiger partial charge in [-0.1, -0.05) is 28.1 Å². The highest BCUT2D eigenvalue weighted by Gasteiger charge is 2.14.